The van der Waals surface area contributed by atoms with Gasteiger partial charge in [0.25, 0.3) is 0 Å². The van der Waals surface area contributed by atoms with Crippen molar-refractivity contribution in [3.63, 3.8) is 0 Å². The van der Waals surface area contributed by atoms with Gasteiger partial charge in [0.1, 0.15) is 17.2 Å². The van der Waals surface area contributed by atoms with Crippen molar-refractivity contribution in [2.24, 2.45) is 5.92 Å². The van der Waals surface area contributed by atoms with Gasteiger partial charge in [0.2, 0.25) is 5.91 Å². The Bertz CT molecular complexity index is 1340. The number of fused-ring (bicyclic) bond motifs is 1. The predicted molar refractivity (Wildman–Crippen MR) is 127 cm³/mol. The fourth-order valence-corrected chi connectivity index (χ4v) is 4.48. The minimum absolute atomic E-state index is 0.0376. The summed E-state index contributed by atoms with van der Waals surface area (Å²) in [7, 11) is 0. The van der Waals surface area contributed by atoms with Gasteiger partial charge >= 0.3 is 0 Å². The van der Waals surface area contributed by atoms with Crippen LogP contribution in [0.2, 0.25) is 5.02 Å². The molecule has 4 aromatic rings. The summed E-state index contributed by atoms with van der Waals surface area (Å²) < 4.78 is 28.4. The summed E-state index contributed by atoms with van der Waals surface area (Å²) in [6.45, 7) is 1.59. The molecule has 1 aliphatic heterocycles. The molecular formula is C25H22ClF2N5O. The van der Waals surface area contributed by atoms with Crippen LogP contribution in [-0.2, 0) is 11.3 Å². The van der Waals surface area contributed by atoms with Crippen molar-refractivity contribution in [3.8, 4) is 11.3 Å². The predicted octanol–water partition coefficient (Wildman–Crippen LogP) is 4.86. The topological polar surface area (TPSA) is 62.5 Å². The number of rotatable bonds is 5. The molecular weight excluding hydrogens is 460 g/mol. The summed E-state index contributed by atoms with van der Waals surface area (Å²) >= 11 is 5.84. The molecule has 1 saturated heterocycles. The molecule has 174 valence electrons. The highest BCUT2D eigenvalue weighted by atomic mass is 35.5. The molecule has 0 unspecified atom stereocenters. The van der Waals surface area contributed by atoms with Gasteiger partial charge in [-0.2, -0.15) is 5.10 Å². The third-order valence-electron chi connectivity index (χ3n) is 6.05. The molecule has 1 fully saturated rings. The summed E-state index contributed by atoms with van der Waals surface area (Å²) in [5.41, 5.74) is 3.10. The van der Waals surface area contributed by atoms with E-state index in [0.29, 0.717) is 6.54 Å². The molecule has 9 heteroatoms. The zero-order valence-electron chi connectivity index (χ0n) is 18.2. The van der Waals surface area contributed by atoms with Gasteiger partial charge in [-0.05, 0) is 60.9 Å². The maximum atomic E-state index is 13.4. The highest BCUT2D eigenvalue weighted by Gasteiger charge is 2.27. The Labute approximate surface area is 200 Å². The molecule has 2 aromatic heterocycles. The Morgan fingerprint density at radius 3 is 2.76 bits per heavy atom. The number of anilines is 1. The standard InChI is InChI=1S/C25H22ClF2N5O/c26-20-12-16(3-8-21(20)28)14-30-25(34)18-2-1-10-32(15-18)24-23-13-22(31-33(23)11-9-29-24)17-4-6-19(27)7-5-17/h3-9,11-13,18H,1-2,10,14-15H2,(H,30,34)/t18-/m1/s1. The second-order valence-corrected chi connectivity index (χ2v) is 8.78. The van der Waals surface area contributed by atoms with Gasteiger partial charge in [-0.25, -0.2) is 18.3 Å². The zero-order chi connectivity index (χ0) is 23.7. The first-order chi connectivity index (χ1) is 16.5. The van der Waals surface area contributed by atoms with Crippen LogP contribution in [0.1, 0.15) is 18.4 Å². The van der Waals surface area contributed by atoms with Crippen molar-refractivity contribution in [1.82, 2.24) is 19.9 Å². The average Bonchev–Trinajstić information content (AvgIpc) is 3.29. The fourth-order valence-electron chi connectivity index (χ4n) is 4.28. The lowest BCUT2D eigenvalue weighted by Crippen LogP contribution is -2.43. The third-order valence-corrected chi connectivity index (χ3v) is 6.34. The Morgan fingerprint density at radius 1 is 1.15 bits per heavy atom. The summed E-state index contributed by atoms with van der Waals surface area (Å²) in [4.78, 5) is 19.6. The van der Waals surface area contributed by atoms with Crippen LogP contribution in [0.25, 0.3) is 16.8 Å². The van der Waals surface area contributed by atoms with Crippen LogP contribution in [0.4, 0.5) is 14.6 Å². The molecule has 0 radical (unpaired) electrons. The van der Waals surface area contributed by atoms with Crippen LogP contribution in [-0.4, -0.2) is 33.6 Å². The second-order valence-electron chi connectivity index (χ2n) is 8.37. The van der Waals surface area contributed by atoms with Crippen molar-refractivity contribution in [2.45, 2.75) is 19.4 Å². The summed E-state index contributed by atoms with van der Waals surface area (Å²) in [5.74, 6) is -0.283. The zero-order valence-corrected chi connectivity index (χ0v) is 19.0. The molecule has 0 spiro atoms. The first-order valence-corrected chi connectivity index (χ1v) is 11.4. The van der Waals surface area contributed by atoms with Crippen LogP contribution in [0.15, 0.2) is 60.9 Å². The van der Waals surface area contributed by atoms with E-state index < -0.39 is 5.82 Å². The average molecular weight is 482 g/mol. The van der Waals surface area contributed by atoms with Crippen molar-refractivity contribution in [3.05, 3.63) is 83.1 Å². The first-order valence-electron chi connectivity index (χ1n) is 11.0. The fraction of sp³-hybridized carbons (Fsp3) is 0.240. The molecule has 1 amide bonds. The molecule has 0 saturated carbocycles. The summed E-state index contributed by atoms with van der Waals surface area (Å²) in [6, 6.07) is 12.6. The largest absolute Gasteiger partial charge is 0.354 e. The van der Waals surface area contributed by atoms with Gasteiger partial charge in [0, 0.05) is 37.6 Å². The lowest BCUT2D eigenvalue weighted by Gasteiger charge is -2.33. The summed E-state index contributed by atoms with van der Waals surface area (Å²) in [5, 5.41) is 7.59. The quantitative estimate of drug-likeness (QED) is 0.442. The number of nitrogens with zero attached hydrogens (tertiary/aromatic N) is 4. The summed E-state index contributed by atoms with van der Waals surface area (Å²) in [6.07, 6.45) is 5.08. The van der Waals surface area contributed by atoms with E-state index >= 15 is 0 Å². The number of halogens is 3. The number of carbonyl (C=O) groups is 1. The number of hydrogen-bond acceptors (Lipinski definition) is 4. The SMILES string of the molecule is O=C(NCc1ccc(F)c(Cl)c1)[C@@H]1CCCN(c2nccn3nc(-c4ccc(F)cc4)cc23)C1. The molecule has 2 aromatic carbocycles. The van der Waals surface area contributed by atoms with Gasteiger partial charge < -0.3 is 10.2 Å². The van der Waals surface area contributed by atoms with Gasteiger partial charge in [0.15, 0.2) is 5.82 Å². The van der Waals surface area contributed by atoms with Gasteiger partial charge in [-0.15, -0.1) is 0 Å². The number of hydrogen-bond donors (Lipinski definition) is 1. The van der Waals surface area contributed by atoms with E-state index in [-0.39, 0.29) is 29.2 Å². The van der Waals surface area contributed by atoms with E-state index in [9.17, 15) is 13.6 Å². The van der Waals surface area contributed by atoms with Crippen molar-refractivity contribution < 1.29 is 13.6 Å². The van der Waals surface area contributed by atoms with Gasteiger partial charge in [-0.1, -0.05) is 17.7 Å². The normalized spacial score (nSPS) is 16.1. The molecule has 6 nitrogen and oxygen atoms in total. The maximum Gasteiger partial charge on any atom is 0.225 e. The monoisotopic (exact) mass is 481 g/mol. The minimum atomic E-state index is -0.483. The van der Waals surface area contributed by atoms with E-state index in [2.05, 4.69) is 20.3 Å². The molecule has 1 atom stereocenters. The smallest absolute Gasteiger partial charge is 0.225 e. The van der Waals surface area contributed by atoms with E-state index in [1.165, 1.54) is 24.3 Å². The van der Waals surface area contributed by atoms with Crippen molar-refractivity contribution in [2.75, 3.05) is 18.0 Å². The van der Waals surface area contributed by atoms with Crippen LogP contribution < -0.4 is 10.2 Å². The molecule has 34 heavy (non-hydrogen) atoms. The van der Waals surface area contributed by atoms with E-state index in [4.69, 9.17) is 11.6 Å². The molecule has 1 N–H and O–H groups in total. The van der Waals surface area contributed by atoms with Gasteiger partial charge in [-0.3, -0.25) is 4.79 Å². The van der Waals surface area contributed by atoms with Crippen LogP contribution in [0, 0.1) is 17.6 Å². The Morgan fingerprint density at radius 2 is 1.97 bits per heavy atom. The van der Waals surface area contributed by atoms with E-state index in [1.807, 2.05) is 6.07 Å². The Kier molecular flexibility index (Phi) is 6.15. The molecule has 0 aliphatic carbocycles. The number of benzene rings is 2. The van der Waals surface area contributed by atoms with Crippen LogP contribution in [0.5, 0.6) is 0 Å². The van der Waals surface area contributed by atoms with Crippen molar-refractivity contribution >= 4 is 28.8 Å². The Hall–Kier alpha value is -3.52. The minimum Gasteiger partial charge on any atom is -0.354 e. The maximum absolute atomic E-state index is 13.4. The van der Waals surface area contributed by atoms with Crippen LogP contribution >= 0.6 is 11.6 Å². The lowest BCUT2D eigenvalue weighted by molar-refractivity contribution is -0.125. The van der Waals surface area contributed by atoms with Gasteiger partial charge in [0.05, 0.1) is 16.6 Å². The second kappa shape index (κ2) is 9.38. The molecule has 1 aliphatic rings. The van der Waals surface area contributed by atoms with E-state index in [1.54, 1.807) is 35.1 Å². The highest BCUT2D eigenvalue weighted by Crippen LogP contribution is 2.28. The van der Waals surface area contributed by atoms with E-state index in [0.717, 1.165) is 47.5 Å². The molecule has 5 rings (SSSR count). The van der Waals surface area contributed by atoms with Crippen LogP contribution in [0.3, 0.4) is 0 Å². The third kappa shape index (κ3) is 4.59. The number of nitrogens with one attached hydrogen (secondary N) is 1. The highest BCUT2D eigenvalue weighted by molar-refractivity contribution is 6.30. The number of piperidine rings is 1. The molecule has 3 heterocycles. The number of carbonyl (C=O) groups excluding carboxylic acids is 1. The molecule has 0 bridgehead atoms. The lowest BCUT2D eigenvalue weighted by atomic mass is 9.97. The Balaban J connectivity index is 1.31. The number of amides is 1. The van der Waals surface area contributed by atoms with Crippen molar-refractivity contribution in [1.29, 1.82) is 0 Å². The number of aromatic nitrogens is 3. The first kappa shape index (κ1) is 22.3.